The molecular weight excluding hydrogens is 324 g/mol. The van der Waals surface area contributed by atoms with Gasteiger partial charge in [-0.1, -0.05) is 6.08 Å². The van der Waals surface area contributed by atoms with Crippen molar-refractivity contribution in [2.75, 3.05) is 32.9 Å². The Bertz CT molecular complexity index is 656. The fourth-order valence-electron chi connectivity index (χ4n) is 4.09. The summed E-state index contributed by atoms with van der Waals surface area (Å²) in [6.07, 6.45) is 5.20. The maximum absolute atomic E-state index is 12.7. The summed E-state index contributed by atoms with van der Waals surface area (Å²) in [6.45, 7) is 6.17. The van der Waals surface area contributed by atoms with Gasteiger partial charge in [0.25, 0.3) is 0 Å². The van der Waals surface area contributed by atoms with Crippen LogP contribution in [0.4, 0.5) is 0 Å². The Balaban J connectivity index is 1.38. The normalized spacial score (nSPS) is 29.1. The molecule has 130 valence electrons. The van der Waals surface area contributed by atoms with Crippen molar-refractivity contribution in [3.63, 3.8) is 0 Å². The Kier molecular flexibility index (Phi) is 4.45. The fraction of sp³-hybridized carbons (Fsp3) is 0.667. The average Bonchev–Trinajstić information content (AvgIpc) is 3.29. The number of carbonyl (C=O) groups excluding carboxylic acids is 1. The fourth-order valence-corrected chi connectivity index (χ4v) is 4.69. The van der Waals surface area contributed by atoms with Crippen LogP contribution in [0.3, 0.4) is 0 Å². The van der Waals surface area contributed by atoms with Crippen LogP contribution in [0, 0.1) is 18.3 Å². The van der Waals surface area contributed by atoms with Crippen molar-refractivity contribution in [3.8, 4) is 0 Å². The number of aryl methyl sites for hydroxylation is 1. The zero-order chi connectivity index (χ0) is 16.6. The maximum Gasteiger partial charge on any atom is 0.249 e. The number of rotatable bonds is 5. The molecule has 2 fully saturated rings. The lowest BCUT2D eigenvalue weighted by molar-refractivity contribution is -0.127. The lowest BCUT2D eigenvalue weighted by Crippen LogP contribution is -2.37. The predicted octanol–water partition coefficient (Wildman–Crippen LogP) is 2.55. The Labute approximate surface area is 146 Å². The predicted molar refractivity (Wildman–Crippen MR) is 91.8 cm³/mol. The molecule has 5 nitrogen and oxygen atoms in total. The number of aromatic nitrogens is 1. The van der Waals surface area contributed by atoms with E-state index in [-0.39, 0.29) is 11.3 Å². The van der Waals surface area contributed by atoms with Crippen LogP contribution in [0.25, 0.3) is 0 Å². The molecule has 0 spiro atoms. The van der Waals surface area contributed by atoms with Crippen molar-refractivity contribution in [2.24, 2.45) is 11.3 Å². The number of nitrogens with zero attached hydrogens (tertiary/aromatic N) is 2. The first-order chi connectivity index (χ1) is 11.7. The van der Waals surface area contributed by atoms with Gasteiger partial charge >= 0.3 is 0 Å². The molecular formula is C18H24N2O3S. The molecule has 0 bridgehead atoms. The molecule has 2 aliphatic heterocycles. The van der Waals surface area contributed by atoms with Gasteiger partial charge in [-0.2, -0.15) is 0 Å². The summed E-state index contributed by atoms with van der Waals surface area (Å²) in [4.78, 5) is 19.2. The van der Waals surface area contributed by atoms with E-state index in [2.05, 4.69) is 11.1 Å². The second kappa shape index (κ2) is 6.58. The molecule has 1 amide bonds. The monoisotopic (exact) mass is 348 g/mol. The number of ether oxygens (including phenoxy) is 2. The molecule has 0 radical (unpaired) electrons. The zero-order valence-electron chi connectivity index (χ0n) is 14.1. The Morgan fingerprint density at radius 3 is 3.25 bits per heavy atom. The molecule has 1 aliphatic carbocycles. The van der Waals surface area contributed by atoms with Crippen LogP contribution in [0.5, 0.6) is 0 Å². The van der Waals surface area contributed by atoms with Crippen LogP contribution < -0.4 is 0 Å². The van der Waals surface area contributed by atoms with Gasteiger partial charge in [-0.25, -0.2) is 4.98 Å². The standard InChI is InChI=1S/C18H24N2O3S/c1-13-19-16(9-24-13)8-23-12-18-10-20(6-15(18)7-22-11-18)17(21)14-4-2-3-5-14/h4,9,15H,2-3,5-8,10-12H2,1H3/t15-,18+/m1/s1. The molecule has 2 saturated heterocycles. The molecule has 2 atom stereocenters. The molecule has 1 aromatic heterocycles. The van der Waals surface area contributed by atoms with Crippen LogP contribution in [-0.4, -0.2) is 48.7 Å². The minimum Gasteiger partial charge on any atom is -0.380 e. The van der Waals surface area contributed by atoms with Gasteiger partial charge in [0.15, 0.2) is 0 Å². The van der Waals surface area contributed by atoms with E-state index in [1.807, 2.05) is 17.2 Å². The number of hydrogen-bond acceptors (Lipinski definition) is 5. The molecule has 0 saturated carbocycles. The van der Waals surface area contributed by atoms with Crippen molar-refractivity contribution in [3.05, 3.63) is 27.7 Å². The van der Waals surface area contributed by atoms with Crippen molar-refractivity contribution in [2.45, 2.75) is 32.8 Å². The molecule has 4 rings (SSSR count). The van der Waals surface area contributed by atoms with Crippen molar-refractivity contribution in [1.82, 2.24) is 9.88 Å². The van der Waals surface area contributed by atoms with Crippen LogP contribution in [0.15, 0.2) is 17.0 Å². The Hall–Kier alpha value is -1.24. The quantitative estimate of drug-likeness (QED) is 0.821. The minimum atomic E-state index is -0.0418. The van der Waals surface area contributed by atoms with Gasteiger partial charge in [-0.15, -0.1) is 11.3 Å². The van der Waals surface area contributed by atoms with E-state index in [9.17, 15) is 4.79 Å². The minimum absolute atomic E-state index is 0.0418. The molecule has 0 N–H and O–H groups in total. The van der Waals surface area contributed by atoms with E-state index in [1.54, 1.807) is 11.3 Å². The lowest BCUT2D eigenvalue weighted by atomic mass is 9.82. The van der Waals surface area contributed by atoms with Crippen molar-refractivity contribution < 1.29 is 14.3 Å². The van der Waals surface area contributed by atoms with Gasteiger partial charge in [0.2, 0.25) is 5.91 Å². The topological polar surface area (TPSA) is 51.7 Å². The van der Waals surface area contributed by atoms with Gasteiger partial charge in [0.05, 0.1) is 37.1 Å². The van der Waals surface area contributed by atoms with Gasteiger partial charge in [0, 0.05) is 35.4 Å². The van der Waals surface area contributed by atoms with Crippen LogP contribution >= 0.6 is 11.3 Å². The largest absolute Gasteiger partial charge is 0.380 e. The van der Waals surface area contributed by atoms with Crippen LogP contribution in [-0.2, 0) is 20.9 Å². The van der Waals surface area contributed by atoms with Crippen molar-refractivity contribution in [1.29, 1.82) is 0 Å². The number of fused-ring (bicyclic) bond motifs is 1. The molecule has 24 heavy (non-hydrogen) atoms. The highest BCUT2D eigenvalue weighted by atomic mass is 32.1. The number of hydrogen-bond donors (Lipinski definition) is 0. The van der Waals surface area contributed by atoms with E-state index in [0.717, 1.165) is 55.2 Å². The molecule has 0 unspecified atom stereocenters. The molecule has 3 aliphatic rings. The van der Waals surface area contributed by atoms with Gasteiger partial charge in [-0.3, -0.25) is 4.79 Å². The zero-order valence-corrected chi connectivity index (χ0v) is 14.9. The highest BCUT2D eigenvalue weighted by molar-refractivity contribution is 7.09. The third-order valence-corrected chi connectivity index (χ3v) is 6.25. The van der Waals surface area contributed by atoms with Gasteiger partial charge in [0.1, 0.15) is 0 Å². The summed E-state index contributed by atoms with van der Waals surface area (Å²) in [7, 11) is 0. The number of likely N-dealkylation sites (tertiary alicyclic amines) is 1. The highest BCUT2D eigenvalue weighted by Gasteiger charge is 2.52. The third kappa shape index (κ3) is 3.03. The summed E-state index contributed by atoms with van der Waals surface area (Å²) in [5.74, 6) is 0.622. The summed E-state index contributed by atoms with van der Waals surface area (Å²) in [6, 6.07) is 0. The molecule has 0 aromatic carbocycles. The number of allylic oxidation sites excluding steroid dienone is 1. The maximum atomic E-state index is 12.7. The SMILES string of the molecule is Cc1nc(COC[C@]23COC[C@H]2CN(C(=O)C2=CCCC2)C3)cs1. The molecule has 6 heteroatoms. The van der Waals surface area contributed by atoms with Crippen molar-refractivity contribution >= 4 is 17.2 Å². The first-order valence-electron chi connectivity index (χ1n) is 8.71. The van der Waals surface area contributed by atoms with E-state index in [1.165, 1.54) is 0 Å². The summed E-state index contributed by atoms with van der Waals surface area (Å²) in [5.41, 5.74) is 1.95. The van der Waals surface area contributed by atoms with Crippen LogP contribution in [0.1, 0.15) is 30.0 Å². The molecule has 3 heterocycles. The summed E-state index contributed by atoms with van der Waals surface area (Å²) < 4.78 is 11.7. The second-order valence-corrected chi connectivity index (χ2v) is 8.29. The molecule has 1 aromatic rings. The summed E-state index contributed by atoms with van der Waals surface area (Å²) in [5, 5.41) is 3.11. The average molecular weight is 348 g/mol. The van der Waals surface area contributed by atoms with E-state index in [0.29, 0.717) is 25.7 Å². The Morgan fingerprint density at radius 2 is 2.50 bits per heavy atom. The van der Waals surface area contributed by atoms with E-state index < -0.39 is 0 Å². The number of amides is 1. The van der Waals surface area contributed by atoms with Gasteiger partial charge in [-0.05, 0) is 26.2 Å². The smallest absolute Gasteiger partial charge is 0.249 e. The first kappa shape index (κ1) is 16.2. The highest BCUT2D eigenvalue weighted by Crippen LogP contribution is 2.42. The van der Waals surface area contributed by atoms with E-state index >= 15 is 0 Å². The van der Waals surface area contributed by atoms with Crippen LogP contribution in [0.2, 0.25) is 0 Å². The first-order valence-corrected chi connectivity index (χ1v) is 9.59. The Morgan fingerprint density at radius 1 is 1.58 bits per heavy atom. The number of thiazole rings is 1. The summed E-state index contributed by atoms with van der Waals surface area (Å²) >= 11 is 1.65. The third-order valence-electron chi connectivity index (χ3n) is 5.43. The lowest BCUT2D eigenvalue weighted by Gasteiger charge is -2.26. The van der Waals surface area contributed by atoms with Gasteiger partial charge < -0.3 is 14.4 Å². The number of carbonyl (C=O) groups is 1. The van der Waals surface area contributed by atoms with E-state index in [4.69, 9.17) is 9.47 Å². The second-order valence-electron chi connectivity index (χ2n) is 7.23.